The van der Waals surface area contributed by atoms with E-state index in [9.17, 15) is 4.79 Å². The minimum Gasteiger partial charge on any atom is -0.456 e. The largest absolute Gasteiger partial charge is 0.456 e. The summed E-state index contributed by atoms with van der Waals surface area (Å²) in [7, 11) is 0. The Labute approximate surface area is 108 Å². The van der Waals surface area contributed by atoms with Gasteiger partial charge in [0.05, 0.1) is 0 Å². The normalized spacial score (nSPS) is 11.0. The highest BCUT2D eigenvalue weighted by Gasteiger charge is 2.07. The molecule has 0 atom stereocenters. The van der Waals surface area contributed by atoms with E-state index in [4.69, 9.17) is 16.0 Å². The van der Waals surface area contributed by atoms with Gasteiger partial charge in [0.1, 0.15) is 11.3 Å². The predicted molar refractivity (Wildman–Crippen MR) is 72.0 cm³/mol. The van der Waals surface area contributed by atoms with Crippen LogP contribution < -0.4 is 5.56 Å². The Morgan fingerprint density at radius 3 is 2.83 bits per heavy atom. The molecule has 0 radical (unpaired) electrons. The number of hydrogen-bond donors (Lipinski definition) is 1. The number of hydrogen-bond acceptors (Lipinski definition) is 2. The first-order valence-corrected chi connectivity index (χ1v) is 5.90. The second-order valence-electron chi connectivity index (χ2n) is 4.19. The van der Waals surface area contributed by atoms with Gasteiger partial charge >= 0.3 is 0 Å². The van der Waals surface area contributed by atoms with Crippen LogP contribution in [0.1, 0.15) is 5.56 Å². The zero-order valence-corrected chi connectivity index (χ0v) is 10.4. The molecule has 3 aromatic rings. The Balaban J connectivity index is 2.19. The number of aromatic nitrogens is 1. The standard InChI is InChI=1S/C14H10ClNO2/c1-8-4-10(7-16-14(8)17)13-6-9-5-11(15)2-3-12(9)18-13/h2-7H,1H3,(H,16,17). The molecule has 2 heterocycles. The molecule has 0 saturated heterocycles. The fourth-order valence-electron chi connectivity index (χ4n) is 1.90. The third-order valence-corrected chi connectivity index (χ3v) is 3.09. The van der Waals surface area contributed by atoms with Gasteiger partial charge in [-0.05, 0) is 37.3 Å². The van der Waals surface area contributed by atoms with Gasteiger partial charge in [0.2, 0.25) is 0 Å². The van der Waals surface area contributed by atoms with Gasteiger partial charge in [-0.2, -0.15) is 0 Å². The molecule has 90 valence electrons. The lowest BCUT2D eigenvalue weighted by molar-refractivity contribution is 0.631. The van der Waals surface area contributed by atoms with E-state index >= 15 is 0 Å². The Kier molecular flexibility index (Phi) is 2.49. The van der Waals surface area contributed by atoms with Crippen LogP contribution in [0.2, 0.25) is 5.02 Å². The first kappa shape index (κ1) is 11.1. The number of fused-ring (bicyclic) bond motifs is 1. The fourth-order valence-corrected chi connectivity index (χ4v) is 2.08. The Morgan fingerprint density at radius 1 is 1.22 bits per heavy atom. The summed E-state index contributed by atoms with van der Waals surface area (Å²) in [5.74, 6) is 0.714. The Hall–Kier alpha value is -2.00. The molecule has 2 aromatic heterocycles. The predicted octanol–water partition coefficient (Wildman–Crippen LogP) is 3.75. The topological polar surface area (TPSA) is 46.0 Å². The van der Waals surface area contributed by atoms with Crippen molar-refractivity contribution < 1.29 is 4.42 Å². The number of aryl methyl sites for hydroxylation is 1. The van der Waals surface area contributed by atoms with Crippen LogP contribution in [0.3, 0.4) is 0 Å². The molecular formula is C14H10ClNO2. The lowest BCUT2D eigenvalue weighted by atomic mass is 10.1. The van der Waals surface area contributed by atoms with Crippen molar-refractivity contribution in [2.75, 3.05) is 0 Å². The number of furan rings is 1. The summed E-state index contributed by atoms with van der Waals surface area (Å²) in [5, 5.41) is 1.62. The Bertz CT molecular complexity index is 786. The summed E-state index contributed by atoms with van der Waals surface area (Å²) in [4.78, 5) is 14.0. The molecule has 0 amide bonds. The SMILES string of the molecule is Cc1cc(-c2cc3cc(Cl)ccc3o2)c[nH]c1=O. The van der Waals surface area contributed by atoms with Crippen molar-refractivity contribution in [3.8, 4) is 11.3 Å². The highest BCUT2D eigenvalue weighted by atomic mass is 35.5. The summed E-state index contributed by atoms with van der Waals surface area (Å²) >= 11 is 5.93. The second kappa shape index (κ2) is 4.03. The summed E-state index contributed by atoms with van der Waals surface area (Å²) < 4.78 is 5.72. The maximum atomic E-state index is 11.3. The van der Waals surface area contributed by atoms with Gasteiger partial charge in [-0.3, -0.25) is 4.79 Å². The molecule has 0 spiro atoms. The highest BCUT2D eigenvalue weighted by Crippen LogP contribution is 2.29. The maximum absolute atomic E-state index is 11.3. The van der Waals surface area contributed by atoms with Crippen molar-refractivity contribution in [2.45, 2.75) is 6.92 Å². The van der Waals surface area contributed by atoms with Crippen molar-refractivity contribution >= 4 is 22.6 Å². The number of halogens is 1. The third kappa shape index (κ3) is 1.83. The van der Waals surface area contributed by atoms with Crippen LogP contribution in [0.4, 0.5) is 0 Å². The van der Waals surface area contributed by atoms with Crippen LogP contribution in [-0.4, -0.2) is 4.98 Å². The summed E-state index contributed by atoms with van der Waals surface area (Å²) in [6.07, 6.45) is 1.65. The maximum Gasteiger partial charge on any atom is 0.250 e. The van der Waals surface area contributed by atoms with Crippen molar-refractivity contribution in [3.63, 3.8) is 0 Å². The smallest absolute Gasteiger partial charge is 0.250 e. The lowest BCUT2D eigenvalue weighted by Gasteiger charge is -1.97. The number of aromatic amines is 1. The number of rotatable bonds is 1. The van der Waals surface area contributed by atoms with Crippen molar-refractivity contribution in [2.24, 2.45) is 0 Å². The van der Waals surface area contributed by atoms with Crippen LogP contribution >= 0.6 is 11.6 Å². The van der Waals surface area contributed by atoms with Gasteiger partial charge < -0.3 is 9.40 Å². The quantitative estimate of drug-likeness (QED) is 0.723. The molecule has 0 aliphatic heterocycles. The number of nitrogens with one attached hydrogen (secondary N) is 1. The molecule has 0 aliphatic carbocycles. The Morgan fingerprint density at radius 2 is 2.06 bits per heavy atom. The van der Waals surface area contributed by atoms with E-state index in [0.29, 0.717) is 16.3 Å². The number of H-pyrrole nitrogens is 1. The number of pyridine rings is 1. The van der Waals surface area contributed by atoms with Crippen LogP contribution in [0.15, 0.2) is 45.7 Å². The molecule has 0 aliphatic rings. The van der Waals surface area contributed by atoms with E-state index in [2.05, 4.69) is 4.98 Å². The molecule has 3 nitrogen and oxygen atoms in total. The number of benzene rings is 1. The van der Waals surface area contributed by atoms with Gasteiger partial charge in [-0.25, -0.2) is 0 Å². The molecule has 18 heavy (non-hydrogen) atoms. The molecule has 0 unspecified atom stereocenters. The van der Waals surface area contributed by atoms with Crippen molar-refractivity contribution in [1.29, 1.82) is 0 Å². The summed E-state index contributed by atoms with van der Waals surface area (Å²) in [6.45, 7) is 1.77. The van der Waals surface area contributed by atoms with Crippen molar-refractivity contribution in [3.05, 3.63) is 57.5 Å². The van der Waals surface area contributed by atoms with Gasteiger partial charge in [0, 0.05) is 27.7 Å². The zero-order valence-electron chi connectivity index (χ0n) is 9.66. The third-order valence-electron chi connectivity index (χ3n) is 2.85. The average molecular weight is 260 g/mol. The van der Waals surface area contributed by atoms with E-state index in [1.54, 1.807) is 25.3 Å². The molecular weight excluding hydrogens is 250 g/mol. The average Bonchev–Trinajstić information content (AvgIpc) is 2.75. The second-order valence-corrected chi connectivity index (χ2v) is 4.63. The van der Waals surface area contributed by atoms with Gasteiger partial charge in [0.15, 0.2) is 0 Å². The molecule has 1 N–H and O–H groups in total. The zero-order chi connectivity index (χ0) is 12.7. The first-order chi connectivity index (χ1) is 8.63. The summed E-state index contributed by atoms with van der Waals surface area (Å²) in [5.41, 5.74) is 2.20. The molecule has 0 saturated carbocycles. The molecule has 4 heteroatoms. The lowest BCUT2D eigenvalue weighted by Crippen LogP contribution is -2.07. The molecule has 0 fully saturated rings. The van der Waals surface area contributed by atoms with E-state index < -0.39 is 0 Å². The van der Waals surface area contributed by atoms with Crippen LogP contribution in [0.5, 0.6) is 0 Å². The van der Waals surface area contributed by atoms with Gasteiger partial charge in [-0.15, -0.1) is 0 Å². The highest BCUT2D eigenvalue weighted by molar-refractivity contribution is 6.31. The fraction of sp³-hybridized carbons (Fsp3) is 0.0714. The van der Waals surface area contributed by atoms with Crippen LogP contribution in [0, 0.1) is 6.92 Å². The van der Waals surface area contributed by atoms with Gasteiger partial charge in [0.25, 0.3) is 5.56 Å². The molecule has 3 rings (SSSR count). The van der Waals surface area contributed by atoms with Crippen LogP contribution in [0.25, 0.3) is 22.3 Å². The van der Waals surface area contributed by atoms with E-state index in [1.807, 2.05) is 18.2 Å². The monoisotopic (exact) mass is 259 g/mol. The van der Waals surface area contributed by atoms with E-state index in [0.717, 1.165) is 16.5 Å². The van der Waals surface area contributed by atoms with Crippen molar-refractivity contribution in [1.82, 2.24) is 4.98 Å². The minimum absolute atomic E-state index is 0.0853. The van der Waals surface area contributed by atoms with Crippen LogP contribution in [-0.2, 0) is 0 Å². The van der Waals surface area contributed by atoms with E-state index in [1.165, 1.54) is 0 Å². The van der Waals surface area contributed by atoms with E-state index in [-0.39, 0.29) is 5.56 Å². The van der Waals surface area contributed by atoms with Gasteiger partial charge in [-0.1, -0.05) is 11.6 Å². The molecule has 0 bridgehead atoms. The summed E-state index contributed by atoms with van der Waals surface area (Å²) in [6, 6.07) is 9.18. The molecule has 1 aromatic carbocycles. The minimum atomic E-state index is -0.0853. The first-order valence-electron chi connectivity index (χ1n) is 5.52.